The Kier molecular flexibility index (Phi) is 2.11. The summed E-state index contributed by atoms with van der Waals surface area (Å²) in [4.78, 5) is 5.89. The second-order valence-electron chi connectivity index (χ2n) is 4.23. The topological polar surface area (TPSA) is 19.0 Å². The fourth-order valence-electron chi connectivity index (χ4n) is 2.36. The Bertz CT molecular complexity index is 516. The van der Waals surface area contributed by atoms with Gasteiger partial charge in [0, 0.05) is 40.6 Å². The zero-order valence-electron chi connectivity index (χ0n) is 8.68. The first-order valence-electron chi connectivity index (χ1n) is 5.22. The van der Waals surface area contributed by atoms with Crippen LogP contribution in [-0.2, 0) is 13.0 Å². The summed E-state index contributed by atoms with van der Waals surface area (Å²) < 4.78 is 1.20. The van der Waals surface area contributed by atoms with Crippen LogP contribution in [-0.4, -0.2) is 23.5 Å². The summed E-state index contributed by atoms with van der Waals surface area (Å²) in [5.41, 5.74) is 4.13. The van der Waals surface area contributed by atoms with E-state index in [4.69, 9.17) is 0 Å². The number of aromatic amines is 1. The number of aromatic nitrogens is 1. The van der Waals surface area contributed by atoms with Crippen LogP contribution >= 0.6 is 15.9 Å². The zero-order valence-corrected chi connectivity index (χ0v) is 10.3. The van der Waals surface area contributed by atoms with Crippen molar-refractivity contribution in [2.24, 2.45) is 0 Å². The summed E-state index contributed by atoms with van der Waals surface area (Å²) in [6.07, 6.45) is 1.13. The third kappa shape index (κ3) is 1.42. The summed E-state index contributed by atoms with van der Waals surface area (Å²) in [5.74, 6) is 0. The normalized spacial score (nSPS) is 16.9. The molecule has 15 heavy (non-hydrogen) atoms. The maximum atomic E-state index is 3.64. The van der Waals surface area contributed by atoms with Gasteiger partial charge < -0.3 is 9.88 Å². The van der Waals surface area contributed by atoms with Gasteiger partial charge in [0.1, 0.15) is 0 Å². The van der Waals surface area contributed by atoms with Gasteiger partial charge in [0.15, 0.2) is 0 Å². The number of halogens is 1. The van der Waals surface area contributed by atoms with E-state index in [1.54, 1.807) is 0 Å². The molecule has 3 rings (SSSR count). The van der Waals surface area contributed by atoms with Crippen LogP contribution in [0.15, 0.2) is 22.7 Å². The van der Waals surface area contributed by atoms with Gasteiger partial charge in [-0.15, -0.1) is 0 Å². The lowest BCUT2D eigenvalue weighted by Crippen LogP contribution is -2.26. The molecule has 3 heteroatoms. The van der Waals surface area contributed by atoms with Crippen LogP contribution in [0.1, 0.15) is 11.3 Å². The number of likely N-dealkylation sites (N-methyl/N-ethyl adjacent to an activating group) is 1. The summed E-state index contributed by atoms with van der Waals surface area (Å²) >= 11 is 3.64. The van der Waals surface area contributed by atoms with E-state index in [-0.39, 0.29) is 0 Å². The van der Waals surface area contributed by atoms with Gasteiger partial charge in [-0.05, 0) is 24.7 Å². The number of fused-ring (bicyclic) bond motifs is 3. The van der Waals surface area contributed by atoms with Crippen LogP contribution in [0.5, 0.6) is 0 Å². The molecule has 0 spiro atoms. The molecular weight excluding hydrogens is 252 g/mol. The highest BCUT2D eigenvalue weighted by molar-refractivity contribution is 9.10. The van der Waals surface area contributed by atoms with Crippen LogP contribution in [0.4, 0.5) is 0 Å². The molecule has 2 heterocycles. The Balaban J connectivity index is 2.30. The molecule has 0 bridgehead atoms. The number of nitrogens with one attached hydrogen (secondary N) is 1. The van der Waals surface area contributed by atoms with Crippen LogP contribution in [0.25, 0.3) is 10.9 Å². The van der Waals surface area contributed by atoms with Crippen LogP contribution < -0.4 is 0 Å². The SMILES string of the molecule is CN1CCc2[nH]c3cccc(Br)c3c2C1. The molecular formula is C12H13BrN2. The Morgan fingerprint density at radius 3 is 3.13 bits per heavy atom. The van der Waals surface area contributed by atoms with Crippen molar-refractivity contribution in [3.05, 3.63) is 33.9 Å². The van der Waals surface area contributed by atoms with Gasteiger partial charge in [0.2, 0.25) is 0 Å². The van der Waals surface area contributed by atoms with Crippen molar-refractivity contribution in [1.82, 2.24) is 9.88 Å². The molecule has 0 unspecified atom stereocenters. The average molecular weight is 265 g/mol. The Morgan fingerprint density at radius 1 is 1.40 bits per heavy atom. The lowest BCUT2D eigenvalue weighted by Gasteiger charge is -2.22. The van der Waals surface area contributed by atoms with E-state index >= 15 is 0 Å². The standard InChI is InChI=1S/C12H13BrN2/c1-15-6-5-10-8(7-15)12-9(13)3-2-4-11(12)14-10/h2-4,14H,5-7H2,1H3. The Morgan fingerprint density at radius 2 is 2.27 bits per heavy atom. The van der Waals surface area contributed by atoms with Gasteiger partial charge >= 0.3 is 0 Å². The maximum Gasteiger partial charge on any atom is 0.0470 e. The predicted molar refractivity (Wildman–Crippen MR) is 66.0 cm³/mol. The van der Waals surface area contributed by atoms with E-state index < -0.39 is 0 Å². The Labute approximate surface area is 97.4 Å². The minimum Gasteiger partial charge on any atom is -0.358 e. The van der Waals surface area contributed by atoms with E-state index in [1.165, 1.54) is 26.6 Å². The molecule has 0 saturated carbocycles. The van der Waals surface area contributed by atoms with Crippen LogP contribution in [0.2, 0.25) is 0 Å². The molecule has 78 valence electrons. The second-order valence-corrected chi connectivity index (χ2v) is 5.09. The smallest absolute Gasteiger partial charge is 0.0470 e. The minimum absolute atomic E-state index is 1.05. The molecule has 0 atom stereocenters. The van der Waals surface area contributed by atoms with Gasteiger partial charge in [-0.3, -0.25) is 0 Å². The maximum absolute atomic E-state index is 3.64. The van der Waals surface area contributed by atoms with Gasteiger partial charge in [0.25, 0.3) is 0 Å². The summed E-state index contributed by atoms with van der Waals surface area (Å²) in [6.45, 7) is 2.20. The lowest BCUT2D eigenvalue weighted by atomic mass is 10.1. The Hall–Kier alpha value is -0.800. The third-order valence-corrected chi connectivity index (χ3v) is 3.80. The largest absolute Gasteiger partial charge is 0.358 e. The number of rotatable bonds is 0. The second kappa shape index (κ2) is 3.35. The van der Waals surface area contributed by atoms with Gasteiger partial charge in [-0.1, -0.05) is 22.0 Å². The van der Waals surface area contributed by atoms with E-state index in [0.29, 0.717) is 0 Å². The van der Waals surface area contributed by atoms with E-state index in [9.17, 15) is 0 Å². The van der Waals surface area contributed by atoms with Crippen molar-refractivity contribution in [3.8, 4) is 0 Å². The molecule has 1 aromatic carbocycles. The zero-order chi connectivity index (χ0) is 10.4. The first-order valence-corrected chi connectivity index (χ1v) is 6.01. The van der Waals surface area contributed by atoms with Gasteiger partial charge in [0.05, 0.1) is 0 Å². The van der Waals surface area contributed by atoms with Crippen molar-refractivity contribution in [3.63, 3.8) is 0 Å². The average Bonchev–Trinajstić information content (AvgIpc) is 2.57. The fourth-order valence-corrected chi connectivity index (χ4v) is 2.97. The number of hydrogen-bond acceptors (Lipinski definition) is 1. The highest BCUT2D eigenvalue weighted by atomic mass is 79.9. The summed E-state index contributed by atoms with van der Waals surface area (Å²) in [5, 5.41) is 1.36. The number of benzene rings is 1. The quantitative estimate of drug-likeness (QED) is 0.776. The third-order valence-electron chi connectivity index (χ3n) is 3.14. The van der Waals surface area contributed by atoms with Gasteiger partial charge in [-0.2, -0.15) is 0 Å². The monoisotopic (exact) mass is 264 g/mol. The van der Waals surface area contributed by atoms with Crippen molar-refractivity contribution >= 4 is 26.8 Å². The molecule has 2 aromatic rings. The first kappa shape index (κ1) is 9.43. The minimum atomic E-state index is 1.05. The number of H-pyrrole nitrogens is 1. The molecule has 0 amide bonds. The van der Waals surface area contributed by atoms with Gasteiger partial charge in [-0.25, -0.2) is 0 Å². The number of hydrogen-bond donors (Lipinski definition) is 1. The molecule has 0 aliphatic carbocycles. The van der Waals surface area contributed by atoms with Crippen LogP contribution in [0.3, 0.4) is 0 Å². The molecule has 1 N–H and O–H groups in total. The summed E-state index contributed by atoms with van der Waals surface area (Å²) in [6, 6.07) is 6.35. The molecule has 1 aliphatic rings. The number of nitrogens with zero attached hydrogens (tertiary/aromatic N) is 1. The molecule has 0 fully saturated rings. The summed E-state index contributed by atoms with van der Waals surface area (Å²) in [7, 11) is 2.18. The first-order chi connectivity index (χ1) is 7.25. The highest BCUT2D eigenvalue weighted by Crippen LogP contribution is 2.32. The van der Waals surface area contributed by atoms with E-state index in [0.717, 1.165) is 19.5 Å². The van der Waals surface area contributed by atoms with Crippen molar-refractivity contribution in [1.29, 1.82) is 0 Å². The molecule has 1 aromatic heterocycles. The molecule has 2 nitrogen and oxygen atoms in total. The van der Waals surface area contributed by atoms with E-state index in [2.05, 4.69) is 51.1 Å². The van der Waals surface area contributed by atoms with Crippen molar-refractivity contribution < 1.29 is 0 Å². The molecule has 1 aliphatic heterocycles. The highest BCUT2D eigenvalue weighted by Gasteiger charge is 2.19. The van der Waals surface area contributed by atoms with Crippen molar-refractivity contribution in [2.45, 2.75) is 13.0 Å². The lowest BCUT2D eigenvalue weighted by molar-refractivity contribution is 0.313. The molecule has 0 radical (unpaired) electrons. The predicted octanol–water partition coefficient (Wildman–Crippen LogP) is 2.92. The van der Waals surface area contributed by atoms with E-state index in [1.807, 2.05) is 0 Å². The van der Waals surface area contributed by atoms with Crippen molar-refractivity contribution in [2.75, 3.05) is 13.6 Å². The fraction of sp³-hybridized carbons (Fsp3) is 0.333. The molecule has 0 saturated heterocycles. The van der Waals surface area contributed by atoms with Crippen LogP contribution in [0, 0.1) is 0 Å².